The molecule has 1 amide bonds. The molecule has 0 bridgehead atoms. The van der Waals surface area contributed by atoms with E-state index in [4.69, 9.17) is 0 Å². The van der Waals surface area contributed by atoms with Crippen LogP contribution in [0.25, 0.3) is 6.08 Å². The maximum Gasteiger partial charge on any atom is 0.391 e. The molecule has 1 heterocycles. The molecule has 0 aliphatic heterocycles. The quantitative estimate of drug-likeness (QED) is 0.828. The summed E-state index contributed by atoms with van der Waals surface area (Å²) in [6.07, 6.45) is 0.243. The lowest BCUT2D eigenvalue weighted by Gasteiger charge is -2.30. The molecule has 1 aliphatic rings. The van der Waals surface area contributed by atoms with Crippen molar-refractivity contribution < 1.29 is 18.0 Å². The van der Waals surface area contributed by atoms with Crippen LogP contribution in [0.5, 0.6) is 0 Å². The predicted molar refractivity (Wildman–Crippen MR) is 85.9 cm³/mol. The third kappa shape index (κ3) is 4.61. The number of hydrogen-bond donors (Lipinski definition) is 1. The maximum absolute atomic E-state index is 12.8. The van der Waals surface area contributed by atoms with Gasteiger partial charge in [0.15, 0.2) is 0 Å². The van der Waals surface area contributed by atoms with Crippen LogP contribution in [0.15, 0.2) is 21.9 Å². The van der Waals surface area contributed by atoms with E-state index in [9.17, 15) is 27.6 Å². The van der Waals surface area contributed by atoms with Gasteiger partial charge in [0, 0.05) is 32.4 Å². The largest absolute Gasteiger partial charge is 0.391 e. The molecule has 1 aromatic rings. The van der Waals surface area contributed by atoms with Crippen molar-refractivity contribution in [1.82, 2.24) is 14.5 Å². The number of aryl methyl sites for hydroxylation is 1. The van der Waals surface area contributed by atoms with Gasteiger partial charge in [-0.3, -0.25) is 14.2 Å². The molecule has 0 spiro atoms. The van der Waals surface area contributed by atoms with Gasteiger partial charge in [-0.2, -0.15) is 13.2 Å². The van der Waals surface area contributed by atoms with Gasteiger partial charge < -0.3 is 9.88 Å². The first-order chi connectivity index (χ1) is 11.6. The van der Waals surface area contributed by atoms with Gasteiger partial charge >= 0.3 is 11.9 Å². The lowest BCUT2D eigenvalue weighted by molar-refractivity contribution is -0.184. The number of hydrogen-bond acceptors (Lipinski definition) is 3. The van der Waals surface area contributed by atoms with Crippen LogP contribution < -0.4 is 16.6 Å². The van der Waals surface area contributed by atoms with E-state index in [-0.39, 0.29) is 18.4 Å². The van der Waals surface area contributed by atoms with E-state index in [2.05, 4.69) is 5.32 Å². The maximum atomic E-state index is 12.8. The summed E-state index contributed by atoms with van der Waals surface area (Å²) in [5.74, 6) is -1.96. The van der Waals surface area contributed by atoms with Gasteiger partial charge in [0.05, 0.1) is 11.5 Å². The molecule has 1 aliphatic carbocycles. The smallest absolute Gasteiger partial charge is 0.350 e. The van der Waals surface area contributed by atoms with Crippen LogP contribution in [0.2, 0.25) is 0 Å². The lowest BCUT2D eigenvalue weighted by atomic mass is 9.85. The molecule has 9 heteroatoms. The van der Waals surface area contributed by atoms with Gasteiger partial charge in [0.2, 0.25) is 5.91 Å². The highest BCUT2D eigenvalue weighted by atomic mass is 19.4. The summed E-state index contributed by atoms with van der Waals surface area (Å²) in [5.41, 5.74) is -0.912. The summed E-state index contributed by atoms with van der Waals surface area (Å²) in [4.78, 5) is 35.5. The van der Waals surface area contributed by atoms with E-state index < -0.39 is 35.3 Å². The zero-order valence-electron chi connectivity index (χ0n) is 14.0. The molecule has 138 valence electrons. The fourth-order valence-electron chi connectivity index (χ4n) is 2.98. The van der Waals surface area contributed by atoms with E-state index >= 15 is 0 Å². The first-order valence-electron chi connectivity index (χ1n) is 7.91. The molecule has 2 unspecified atom stereocenters. The summed E-state index contributed by atoms with van der Waals surface area (Å²) in [6, 6.07) is -0.541. The molecule has 0 radical (unpaired) electrons. The minimum atomic E-state index is -4.25. The summed E-state index contributed by atoms with van der Waals surface area (Å²) in [5, 5.41) is 2.55. The molecule has 0 aromatic carbocycles. The zero-order chi connectivity index (χ0) is 18.8. The van der Waals surface area contributed by atoms with Gasteiger partial charge in [0.25, 0.3) is 5.56 Å². The van der Waals surface area contributed by atoms with E-state index in [1.54, 1.807) is 0 Å². The highest BCUT2D eigenvalue weighted by molar-refractivity contribution is 5.91. The highest BCUT2D eigenvalue weighted by Gasteiger charge is 2.42. The molecule has 25 heavy (non-hydrogen) atoms. The first kappa shape index (κ1) is 19.0. The van der Waals surface area contributed by atoms with Gasteiger partial charge in [-0.1, -0.05) is 6.42 Å². The SMILES string of the molecule is Cn1cc(/C=C/C(=O)NC2CCCC(C(F)(F)F)C2)c(=O)n(C)c1=O. The van der Waals surface area contributed by atoms with Crippen molar-refractivity contribution in [1.29, 1.82) is 0 Å². The molecular formula is C16H20F3N3O3. The van der Waals surface area contributed by atoms with Crippen molar-refractivity contribution in [3.63, 3.8) is 0 Å². The molecule has 1 saturated carbocycles. The van der Waals surface area contributed by atoms with Crippen molar-refractivity contribution in [3.8, 4) is 0 Å². The Kier molecular flexibility index (Phi) is 5.54. The minimum Gasteiger partial charge on any atom is -0.350 e. The molecule has 1 aromatic heterocycles. The first-order valence-corrected chi connectivity index (χ1v) is 7.91. The van der Waals surface area contributed by atoms with Crippen LogP contribution in [0.3, 0.4) is 0 Å². The Bertz CT molecular complexity index is 793. The molecule has 1 N–H and O–H groups in total. The third-order valence-electron chi connectivity index (χ3n) is 4.37. The molecule has 2 rings (SSSR count). The van der Waals surface area contributed by atoms with Gasteiger partial charge in [-0.05, 0) is 25.3 Å². The number of amides is 1. The number of carbonyl (C=O) groups is 1. The number of nitrogens with one attached hydrogen (secondary N) is 1. The minimum absolute atomic E-state index is 0.0831. The van der Waals surface area contributed by atoms with Crippen LogP contribution in [-0.2, 0) is 18.9 Å². The summed E-state index contributed by atoms with van der Waals surface area (Å²) >= 11 is 0. The van der Waals surface area contributed by atoms with E-state index in [0.29, 0.717) is 12.8 Å². The second kappa shape index (κ2) is 7.28. The number of aromatic nitrogens is 2. The Balaban J connectivity index is 2.05. The topological polar surface area (TPSA) is 73.1 Å². The second-order valence-corrected chi connectivity index (χ2v) is 6.29. The Labute approximate surface area is 142 Å². The summed E-state index contributed by atoms with van der Waals surface area (Å²) < 4.78 is 40.5. The summed E-state index contributed by atoms with van der Waals surface area (Å²) in [6.45, 7) is 0. The van der Waals surface area contributed by atoms with Gasteiger partial charge in [-0.15, -0.1) is 0 Å². The highest BCUT2D eigenvalue weighted by Crippen LogP contribution is 2.37. The van der Waals surface area contributed by atoms with Crippen molar-refractivity contribution in [3.05, 3.63) is 38.7 Å². The van der Waals surface area contributed by atoms with Crippen molar-refractivity contribution in [2.75, 3.05) is 0 Å². The molecule has 1 fully saturated rings. The number of carbonyl (C=O) groups excluding carboxylic acids is 1. The molecule has 6 nitrogen and oxygen atoms in total. The number of nitrogens with zero attached hydrogens (tertiary/aromatic N) is 2. The normalized spacial score (nSPS) is 21.5. The number of rotatable bonds is 3. The Morgan fingerprint density at radius 3 is 2.60 bits per heavy atom. The molecule has 0 saturated heterocycles. The van der Waals surface area contributed by atoms with Crippen LogP contribution in [0.4, 0.5) is 13.2 Å². The zero-order valence-corrected chi connectivity index (χ0v) is 14.0. The Morgan fingerprint density at radius 2 is 1.96 bits per heavy atom. The Hall–Kier alpha value is -2.32. The standard InChI is InChI=1S/C16H20F3N3O3/c1-21-9-10(14(24)22(2)15(21)25)6-7-13(23)20-12-5-3-4-11(8-12)16(17,18)19/h6-7,9,11-12H,3-5,8H2,1-2H3,(H,20,23)/b7-6+. The van der Waals surface area contributed by atoms with Crippen LogP contribution in [0, 0.1) is 5.92 Å². The van der Waals surface area contributed by atoms with E-state index in [1.165, 1.54) is 30.9 Å². The average Bonchev–Trinajstić information content (AvgIpc) is 2.54. The number of alkyl halides is 3. The average molecular weight is 359 g/mol. The molecular weight excluding hydrogens is 339 g/mol. The Morgan fingerprint density at radius 1 is 1.28 bits per heavy atom. The number of halogens is 3. The summed E-state index contributed by atoms with van der Waals surface area (Å²) in [7, 11) is 2.79. The van der Waals surface area contributed by atoms with Crippen molar-refractivity contribution in [2.24, 2.45) is 20.0 Å². The van der Waals surface area contributed by atoms with E-state index in [1.807, 2.05) is 0 Å². The monoisotopic (exact) mass is 359 g/mol. The van der Waals surface area contributed by atoms with Gasteiger partial charge in [-0.25, -0.2) is 4.79 Å². The van der Waals surface area contributed by atoms with Gasteiger partial charge in [0.1, 0.15) is 0 Å². The second-order valence-electron chi connectivity index (χ2n) is 6.29. The van der Waals surface area contributed by atoms with Crippen LogP contribution in [-0.4, -0.2) is 27.3 Å². The molecule has 2 atom stereocenters. The predicted octanol–water partition coefficient (Wildman–Crippen LogP) is 1.33. The fourth-order valence-corrected chi connectivity index (χ4v) is 2.98. The van der Waals surface area contributed by atoms with Crippen molar-refractivity contribution >= 4 is 12.0 Å². The van der Waals surface area contributed by atoms with Crippen molar-refractivity contribution in [2.45, 2.75) is 37.9 Å². The third-order valence-corrected chi connectivity index (χ3v) is 4.37. The van der Waals surface area contributed by atoms with Crippen LogP contribution >= 0.6 is 0 Å². The van der Waals surface area contributed by atoms with E-state index in [0.717, 1.165) is 10.6 Å². The lowest BCUT2D eigenvalue weighted by Crippen LogP contribution is -2.41. The fraction of sp³-hybridized carbons (Fsp3) is 0.562. The van der Waals surface area contributed by atoms with Crippen LogP contribution in [0.1, 0.15) is 31.2 Å².